The molecule has 1 aromatic rings. The highest BCUT2D eigenvalue weighted by Crippen LogP contribution is 2.06. The summed E-state index contributed by atoms with van der Waals surface area (Å²) < 4.78 is 9.44. The molecular formula is C13H17N3O4. The predicted molar refractivity (Wildman–Crippen MR) is 72.4 cm³/mol. The van der Waals surface area contributed by atoms with Gasteiger partial charge in [-0.05, 0) is 12.0 Å². The van der Waals surface area contributed by atoms with Crippen LogP contribution in [0.4, 0.5) is 9.59 Å². The summed E-state index contributed by atoms with van der Waals surface area (Å²) in [5, 5.41) is 10.0. The van der Waals surface area contributed by atoms with Gasteiger partial charge in [0.15, 0.2) is 0 Å². The van der Waals surface area contributed by atoms with Gasteiger partial charge >= 0.3 is 12.2 Å². The van der Waals surface area contributed by atoms with Crippen molar-refractivity contribution in [2.24, 2.45) is 5.73 Å². The maximum Gasteiger partial charge on any atom is 0.412 e. The molecule has 0 heterocycles. The maximum atomic E-state index is 11.3. The van der Waals surface area contributed by atoms with Crippen LogP contribution in [0.1, 0.15) is 24.5 Å². The van der Waals surface area contributed by atoms with Gasteiger partial charge in [-0.1, -0.05) is 31.2 Å². The van der Waals surface area contributed by atoms with E-state index in [0.717, 1.165) is 12.0 Å². The Kier molecular flexibility index (Phi) is 6.02. The molecule has 0 bridgehead atoms. The molecule has 1 rings (SSSR count). The molecule has 0 saturated heterocycles. The quantitative estimate of drug-likeness (QED) is 0.562. The fourth-order valence-electron chi connectivity index (χ4n) is 1.33. The lowest BCUT2D eigenvalue weighted by molar-refractivity contribution is 0.150. The van der Waals surface area contributed by atoms with Gasteiger partial charge in [-0.15, -0.1) is 0 Å². The van der Waals surface area contributed by atoms with E-state index in [0.29, 0.717) is 12.2 Å². The van der Waals surface area contributed by atoms with E-state index in [2.05, 4.69) is 10.1 Å². The van der Waals surface area contributed by atoms with Gasteiger partial charge in [0.25, 0.3) is 0 Å². The smallest absolute Gasteiger partial charge is 0.412 e. The van der Waals surface area contributed by atoms with Gasteiger partial charge in [0.2, 0.25) is 0 Å². The lowest BCUT2D eigenvalue weighted by Crippen LogP contribution is -2.31. The topological polar surface area (TPSA) is 114 Å². The molecule has 108 valence electrons. The van der Waals surface area contributed by atoms with Crippen LogP contribution >= 0.6 is 0 Å². The monoisotopic (exact) mass is 279 g/mol. The number of nitrogens with one attached hydrogen (secondary N) is 2. The van der Waals surface area contributed by atoms with Gasteiger partial charge in [0.1, 0.15) is 12.4 Å². The Morgan fingerprint density at radius 2 is 1.90 bits per heavy atom. The summed E-state index contributed by atoms with van der Waals surface area (Å²) in [6, 6.07) is 6.60. The van der Waals surface area contributed by atoms with Gasteiger partial charge in [-0.2, -0.15) is 0 Å². The third-order valence-corrected chi connectivity index (χ3v) is 2.29. The standard InChI is InChI=1S/C13H17N3O4/c1-2-7-19-13(18)16-11(14)10-5-3-9(4-6-10)8-20-12(15)17/h3-6H,2,7-8H2,1H3,(H2,15,17)(H2,14,16,18). The van der Waals surface area contributed by atoms with Crippen LogP contribution in [0, 0.1) is 5.41 Å². The number of primary amides is 1. The molecule has 0 fully saturated rings. The van der Waals surface area contributed by atoms with Crippen molar-refractivity contribution < 1.29 is 19.1 Å². The molecule has 2 amide bonds. The van der Waals surface area contributed by atoms with E-state index < -0.39 is 12.2 Å². The van der Waals surface area contributed by atoms with Crippen molar-refractivity contribution >= 4 is 18.0 Å². The molecule has 0 radical (unpaired) electrons. The molecule has 20 heavy (non-hydrogen) atoms. The molecule has 0 atom stereocenters. The highest BCUT2D eigenvalue weighted by atomic mass is 16.5. The second-order valence-electron chi connectivity index (χ2n) is 3.94. The molecule has 0 saturated carbocycles. The van der Waals surface area contributed by atoms with Crippen molar-refractivity contribution in [2.75, 3.05) is 6.61 Å². The number of amides is 2. The average Bonchev–Trinajstić information content (AvgIpc) is 2.43. The van der Waals surface area contributed by atoms with E-state index in [1.54, 1.807) is 24.3 Å². The molecule has 7 nitrogen and oxygen atoms in total. The van der Waals surface area contributed by atoms with Crippen molar-refractivity contribution in [3.05, 3.63) is 35.4 Å². The number of nitrogens with two attached hydrogens (primary N) is 1. The van der Waals surface area contributed by atoms with Crippen LogP contribution in [0.3, 0.4) is 0 Å². The molecule has 0 spiro atoms. The van der Waals surface area contributed by atoms with E-state index in [-0.39, 0.29) is 12.4 Å². The van der Waals surface area contributed by atoms with Crippen molar-refractivity contribution in [1.29, 1.82) is 5.41 Å². The first-order chi connectivity index (χ1) is 9.52. The Morgan fingerprint density at radius 1 is 1.25 bits per heavy atom. The zero-order valence-corrected chi connectivity index (χ0v) is 11.1. The molecule has 0 aliphatic rings. The zero-order valence-electron chi connectivity index (χ0n) is 11.1. The minimum Gasteiger partial charge on any atom is -0.449 e. The maximum absolute atomic E-state index is 11.3. The Balaban J connectivity index is 2.52. The SMILES string of the molecule is CCCOC(=O)NC(=N)c1ccc(COC(N)=O)cc1. The summed E-state index contributed by atoms with van der Waals surface area (Å²) in [5.74, 6) is -0.0616. The van der Waals surface area contributed by atoms with Gasteiger partial charge in [-0.25, -0.2) is 9.59 Å². The molecule has 4 N–H and O–H groups in total. The Labute approximate surface area is 116 Å². The highest BCUT2D eigenvalue weighted by molar-refractivity contribution is 6.04. The predicted octanol–water partition coefficient (Wildman–Crippen LogP) is 1.74. The van der Waals surface area contributed by atoms with Crippen LogP contribution in [0.5, 0.6) is 0 Å². The third kappa shape index (κ3) is 5.38. The largest absolute Gasteiger partial charge is 0.449 e. The molecule has 1 aromatic carbocycles. The number of hydrogen-bond donors (Lipinski definition) is 3. The zero-order chi connectivity index (χ0) is 15.0. The average molecular weight is 279 g/mol. The number of hydrogen-bond acceptors (Lipinski definition) is 5. The van der Waals surface area contributed by atoms with E-state index in [1.165, 1.54) is 0 Å². The number of carbonyl (C=O) groups excluding carboxylic acids is 2. The first-order valence-electron chi connectivity index (χ1n) is 6.06. The summed E-state index contributed by atoms with van der Waals surface area (Å²) in [5.41, 5.74) is 6.10. The van der Waals surface area contributed by atoms with Crippen LogP contribution in [0.25, 0.3) is 0 Å². The fourth-order valence-corrected chi connectivity index (χ4v) is 1.33. The number of ether oxygens (including phenoxy) is 2. The normalized spacial score (nSPS) is 9.65. The van der Waals surface area contributed by atoms with Crippen molar-refractivity contribution in [3.8, 4) is 0 Å². The molecular weight excluding hydrogens is 262 g/mol. The van der Waals surface area contributed by atoms with E-state index >= 15 is 0 Å². The van der Waals surface area contributed by atoms with Gasteiger partial charge in [0, 0.05) is 5.56 Å². The molecule has 0 aliphatic carbocycles. The van der Waals surface area contributed by atoms with E-state index in [1.807, 2.05) is 6.92 Å². The molecule has 0 aliphatic heterocycles. The Hall–Kier alpha value is -2.57. The van der Waals surface area contributed by atoms with Gasteiger partial charge in [-0.3, -0.25) is 10.7 Å². The van der Waals surface area contributed by atoms with Gasteiger partial charge in [0.05, 0.1) is 6.61 Å². The summed E-state index contributed by atoms with van der Waals surface area (Å²) in [4.78, 5) is 21.7. The van der Waals surface area contributed by atoms with Crippen molar-refractivity contribution in [1.82, 2.24) is 5.32 Å². The third-order valence-electron chi connectivity index (χ3n) is 2.29. The Bertz CT molecular complexity index is 485. The van der Waals surface area contributed by atoms with Crippen molar-refractivity contribution in [3.63, 3.8) is 0 Å². The molecule has 0 aromatic heterocycles. The Morgan fingerprint density at radius 3 is 2.45 bits per heavy atom. The number of carbonyl (C=O) groups is 2. The second kappa shape index (κ2) is 7.78. The van der Waals surface area contributed by atoms with Crippen LogP contribution in [0.2, 0.25) is 0 Å². The highest BCUT2D eigenvalue weighted by Gasteiger charge is 2.07. The van der Waals surface area contributed by atoms with Crippen LogP contribution in [-0.2, 0) is 16.1 Å². The van der Waals surface area contributed by atoms with E-state index in [9.17, 15) is 9.59 Å². The van der Waals surface area contributed by atoms with Crippen molar-refractivity contribution in [2.45, 2.75) is 20.0 Å². The summed E-state index contributed by atoms with van der Waals surface area (Å²) in [6.07, 6.45) is -0.782. The summed E-state index contributed by atoms with van der Waals surface area (Å²) in [7, 11) is 0. The number of benzene rings is 1. The summed E-state index contributed by atoms with van der Waals surface area (Å²) in [6.45, 7) is 2.25. The molecule has 0 unspecified atom stereocenters. The number of alkyl carbamates (subject to hydrolysis) is 1. The lowest BCUT2D eigenvalue weighted by Gasteiger charge is -2.08. The number of amidine groups is 1. The van der Waals surface area contributed by atoms with Crippen LogP contribution in [-0.4, -0.2) is 24.6 Å². The van der Waals surface area contributed by atoms with E-state index in [4.69, 9.17) is 15.9 Å². The van der Waals surface area contributed by atoms with Crippen LogP contribution < -0.4 is 11.1 Å². The first kappa shape index (κ1) is 15.5. The minimum atomic E-state index is -0.845. The molecule has 7 heteroatoms. The van der Waals surface area contributed by atoms with Crippen LogP contribution in [0.15, 0.2) is 24.3 Å². The first-order valence-corrected chi connectivity index (χ1v) is 6.06. The minimum absolute atomic E-state index is 0.0616. The lowest BCUT2D eigenvalue weighted by atomic mass is 10.1. The second-order valence-corrected chi connectivity index (χ2v) is 3.94. The fraction of sp³-hybridized carbons (Fsp3) is 0.308. The van der Waals surface area contributed by atoms with Gasteiger partial charge < -0.3 is 15.2 Å². The summed E-state index contributed by atoms with van der Waals surface area (Å²) >= 11 is 0. The number of rotatable bonds is 5.